The van der Waals surface area contributed by atoms with Crippen LogP contribution in [-0.2, 0) is 4.79 Å². The molecule has 0 radical (unpaired) electrons. The summed E-state index contributed by atoms with van der Waals surface area (Å²) in [6, 6.07) is 6.01. The molecular formula is C25H22F2N6O3S. The molecule has 1 aliphatic carbocycles. The number of rotatable bonds is 6. The number of nitrogens with one attached hydrogen (secondary N) is 2. The van der Waals surface area contributed by atoms with Gasteiger partial charge in [-0.25, -0.2) is 8.78 Å². The predicted molar refractivity (Wildman–Crippen MR) is 134 cm³/mol. The van der Waals surface area contributed by atoms with Gasteiger partial charge in [0.05, 0.1) is 19.9 Å². The Morgan fingerprint density at radius 3 is 2.84 bits per heavy atom. The lowest BCUT2D eigenvalue weighted by atomic mass is 9.97. The van der Waals surface area contributed by atoms with E-state index in [1.165, 1.54) is 19.4 Å². The third kappa shape index (κ3) is 5.58. The Hall–Kier alpha value is -3.95. The van der Waals surface area contributed by atoms with E-state index in [0.29, 0.717) is 35.3 Å². The number of halogens is 2. The number of carbonyl (C=O) groups is 2. The number of hydrogen-bond donors (Lipinski definition) is 2. The van der Waals surface area contributed by atoms with Gasteiger partial charge in [0.25, 0.3) is 12.3 Å². The molecule has 1 saturated heterocycles. The molecule has 2 aliphatic rings. The molecular weight excluding hydrogens is 502 g/mol. The van der Waals surface area contributed by atoms with Crippen molar-refractivity contribution in [1.29, 1.82) is 0 Å². The Balaban J connectivity index is 1.53. The Morgan fingerprint density at radius 2 is 2.11 bits per heavy atom. The second-order valence-corrected chi connectivity index (χ2v) is 9.45. The van der Waals surface area contributed by atoms with Crippen molar-refractivity contribution in [1.82, 2.24) is 20.5 Å². The van der Waals surface area contributed by atoms with E-state index in [2.05, 4.69) is 37.7 Å². The molecule has 2 aromatic heterocycles. The van der Waals surface area contributed by atoms with Crippen molar-refractivity contribution in [2.45, 2.75) is 19.3 Å². The predicted octanol–water partition coefficient (Wildman–Crippen LogP) is 3.50. The zero-order valence-corrected chi connectivity index (χ0v) is 20.6. The van der Waals surface area contributed by atoms with Gasteiger partial charge in [-0.3, -0.25) is 19.9 Å². The van der Waals surface area contributed by atoms with Crippen LogP contribution in [-0.4, -0.2) is 53.7 Å². The van der Waals surface area contributed by atoms with Gasteiger partial charge < -0.3 is 15.0 Å². The summed E-state index contributed by atoms with van der Waals surface area (Å²) in [4.78, 5) is 31.2. The quantitative estimate of drug-likeness (QED) is 0.475. The van der Waals surface area contributed by atoms with E-state index in [9.17, 15) is 18.4 Å². The van der Waals surface area contributed by atoms with Gasteiger partial charge in [0.15, 0.2) is 5.01 Å². The van der Waals surface area contributed by atoms with Crippen LogP contribution in [0.2, 0.25) is 0 Å². The Bertz CT molecular complexity index is 1410. The number of aromatic nitrogens is 3. The highest BCUT2D eigenvalue weighted by atomic mass is 32.1. The summed E-state index contributed by atoms with van der Waals surface area (Å²) >= 11 is 1.15. The largest absolute Gasteiger partial charge is 0.494 e. The summed E-state index contributed by atoms with van der Waals surface area (Å²) in [5.41, 5.74) is 0.797. The standard InChI is InChI=1S/C25H22F2N6O3S/c1-36-20-12-29-19(23(26)27)11-18(20)17-10-15(33-9-8-28-13-22(33)34)5-6-16(17)24(35)30-25-32-31-21(37-25)7-4-14-2-3-14/h5-6,10-12,14,23,28H,2-3,8-9,13H2,1H3,(H,30,32,35). The molecule has 37 heavy (non-hydrogen) atoms. The summed E-state index contributed by atoms with van der Waals surface area (Å²) in [7, 11) is 1.39. The summed E-state index contributed by atoms with van der Waals surface area (Å²) in [6.07, 6.45) is 0.534. The molecule has 2 amide bonds. The number of piperazine rings is 1. The van der Waals surface area contributed by atoms with Crippen LogP contribution >= 0.6 is 11.3 Å². The first kappa shape index (κ1) is 24.7. The summed E-state index contributed by atoms with van der Waals surface area (Å²) < 4.78 is 32.4. The van der Waals surface area contributed by atoms with Crippen molar-refractivity contribution in [3.63, 3.8) is 0 Å². The number of carbonyl (C=O) groups excluding carboxylic acids is 2. The van der Waals surface area contributed by atoms with E-state index in [4.69, 9.17) is 4.74 Å². The fourth-order valence-corrected chi connectivity index (χ4v) is 4.43. The molecule has 2 fully saturated rings. The fourth-order valence-electron chi connectivity index (χ4n) is 3.83. The van der Waals surface area contributed by atoms with E-state index in [1.807, 2.05) is 0 Å². The molecule has 3 aromatic rings. The topological polar surface area (TPSA) is 109 Å². The van der Waals surface area contributed by atoms with E-state index in [-0.39, 0.29) is 34.5 Å². The molecule has 0 atom stereocenters. The Kier molecular flexibility index (Phi) is 7.07. The van der Waals surface area contributed by atoms with Gasteiger partial charge in [-0.1, -0.05) is 17.3 Å². The number of alkyl halides is 2. The molecule has 1 saturated carbocycles. The Labute approximate surface area is 215 Å². The van der Waals surface area contributed by atoms with E-state index in [1.54, 1.807) is 23.1 Å². The van der Waals surface area contributed by atoms with Crippen LogP contribution in [0.1, 0.15) is 40.3 Å². The van der Waals surface area contributed by atoms with Crippen molar-refractivity contribution >= 4 is 34.0 Å². The number of benzene rings is 1. The first-order chi connectivity index (χ1) is 17.9. The molecule has 1 aliphatic heterocycles. The van der Waals surface area contributed by atoms with Gasteiger partial charge in [0.1, 0.15) is 11.4 Å². The monoisotopic (exact) mass is 524 g/mol. The van der Waals surface area contributed by atoms with Gasteiger partial charge in [0, 0.05) is 41.4 Å². The summed E-state index contributed by atoms with van der Waals surface area (Å²) in [5, 5.41) is 14.5. The van der Waals surface area contributed by atoms with Crippen molar-refractivity contribution < 1.29 is 23.1 Å². The van der Waals surface area contributed by atoms with Crippen molar-refractivity contribution in [2.75, 3.05) is 37.0 Å². The highest BCUT2D eigenvalue weighted by Gasteiger charge is 2.25. The lowest BCUT2D eigenvalue weighted by Crippen LogP contribution is -2.48. The van der Waals surface area contributed by atoms with E-state index in [0.717, 1.165) is 24.2 Å². The smallest absolute Gasteiger partial charge is 0.280 e. The van der Waals surface area contributed by atoms with E-state index < -0.39 is 18.0 Å². The number of hydrogen-bond acceptors (Lipinski definition) is 8. The van der Waals surface area contributed by atoms with Crippen LogP contribution in [0.5, 0.6) is 5.75 Å². The molecule has 0 spiro atoms. The fraction of sp³-hybridized carbons (Fsp3) is 0.320. The van der Waals surface area contributed by atoms with Gasteiger partial charge in [0.2, 0.25) is 11.0 Å². The normalized spacial score (nSPS) is 15.4. The maximum absolute atomic E-state index is 13.5. The molecule has 3 heterocycles. The molecule has 2 N–H and O–H groups in total. The van der Waals surface area contributed by atoms with E-state index >= 15 is 0 Å². The van der Waals surface area contributed by atoms with Crippen LogP contribution in [0.4, 0.5) is 19.6 Å². The van der Waals surface area contributed by atoms with Crippen molar-refractivity contribution in [3.8, 4) is 28.7 Å². The maximum Gasteiger partial charge on any atom is 0.280 e. The summed E-state index contributed by atoms with van der Waals surface area (Å²) in [5.74, 6) is 6.00. The van der Waals surface area contributed by atoms with Gasteiger partial charge in [-0.15, -0.1) is 10.2 Å². The average molecular weight is 525 g/mol. The number of nitrogens with zero attached hydrogens (tertiary/aromatic N) is 4. The number of methoxy groups -OCH3 is 1. The first-order valence-corrected chi connectivity index (χ1v) is 12.4. The Morgan fingerprint density at radius 1 is 1.27 bits per heavy atom. The molecule has 0 bridgehead atoms. The van der Waals surface area contributed by atoms with Crippen molar-refractivity contribution in [3.05, 3.63) is 46.7 Å². The zero-order chi connectivity index (χ0) is 25.9. The maximum atomic E-state index is 13.5. The zero-order valence-electron chi connectivity index (χ0n) is 19.8. The first-order valence-electron chi connectivity index (χ1n) is 11.6. The molecule has 12 heteroatoms. The SMILES string of the molecule is COc1cnc(C(F)F)cc1-c1cc(N2CCNCC2=O)ccc1C(=O)Nc1nnc(C#CC2CC2)s1. The highest BCUT2D eigenvalue weighted by Crippen LogP contribution is 2.37. The van der Waals surface area contributed by atoms with Crippen LogP contribution in [0.3, 0.4) is 0 Å². The highest BCUT2D eigenvalue weighted by molar-refractivity contribution is 7.15. The van der Waals surface area contributed by atoms with Crippen LogP contribution < -0.4 is 20.3 Å². The number of ether oxygens (including phenoxy) is 1. The van der Waals surface area contributed by atoms with Gasteiger partial charge >= 0.3 is 0 Å². The molecule has 190 valence electrons. The van der Waals surface area contributed by atoms with Gasteiger partial charge in [-0.05, 0) is 43.0 Å². The minimum absolute atomic E-state index is 0.141. The second-order valence-electron chi connectivity index (χ2n) is 8.47. The number of anilines is 2. The number of amides is 2. The van der Waals surface area contributed by atoms with Crippen LogP contribution in [0.25, 0.3) is 11.1 Å². The van der Waals surface area contributed by atoms with Crippen LogP contribution in [0.15, 0.2) is 30.5 Å². The molecule has 1 aromatic carbocycles. The summed E-state index contributed by atoms with van der Waals surface area (Å²) in [6.45, 7) is 1.20. The second kappa shape index (κ2) is 10.6. The lowest BCUT2D eigenvalue weighted by Gasteiger charge is -2.28. The molecule has 5 rings (SSSR count). The minimum atomic E-state index is -2.82. The average Bonchev–Trinajstić information content (AvgIpc) is 3.64. The third-order valence-electron chi connectivity index (χ3n) is 5.88. The molecule has 0 unspecified atom stereocenters. The molecule has 9 nitrogen and oxygen atoms in total. The third-order valence-corrected chi connectivity index (χ3v) is 6.63. The minimum Gasteiger partial charge on any atom is -0.494 e. The van der Waals surface area contributed by atoms with Gasteiger partial charge in [-0.2, -0.15) is 0 Å². The number of pyridine rings is 1. The van der Waals surface area contributed by atoms with Crippen molar-refractivity contribution in [2.24, 2.45) is 5.92 Å². The lowest BCUT2D eigenvalue weighted by molar-refractivity contribution is -0.118. The van der Waals surface area contributed by atoms with Crippen LogP contribution in [0, 0.1) is 17.8 Å².